The van der Waals surface area contributed by atoms with Gasteiger partial charge in [0.1, 0.15) is 11.2 Å². The lowest BCUT2D eigenvalue weighted by molar-refractivity contribution is 0.670. The number of para-hydroxylation sites is 1. The van der Waals surface area contributed by atoms with Crippen LogP contribution in [0.4, 0.5) is 0 Å². The van der Waals surface area contributed by atoms with Crippen molar-refractivity contribution in [2.45, 2.75) is 19.6 Å². The minimum atomic E-state index is -1.53. The average molecular weight is 318 g/mol. The zero-order chi connectivity index (χ0) is 16.9. The fourth-order valence-corrected chi connectivity index (χ4v) is 4.71. The summed E-state index contributed by atoms with van der Waals surface area (Å²) in [5.41, 5.74) is 3.53. The molecule has 0 saturated carbocycles. The van der Waals surface area contributed by atoms with E-state index < -0.39 is 8.07 Å². The Kier molecular flexibility index (Phi) is 2.88. The van der Waals surface area contributed by atoms with Crippen LogP contribution in [-0.4, -0.2) is 13.1 Å². The summed E-state index contributed by atoms with van der Waals surface area (Å²) >= 11 is 0. The number of furan rings is 1. The minimum absolute atomic E-state index is 0.457. The van der Waals surface area contributed by atoms with E-state index in [1.165, 1.54) is 10.6 Å². The lowest BCUT2D eigenvalue weighted by Gasteiger charge is -2.18. The summed E-state index contributed by atoms with van der Waals surface area (Å²) in [5, 5.41) is 3.77. The first kappa shape index (κ1) is 13.1. The maximum absolute atomic E-state index is 7.88. The second-order valence-electron chi connectivity index (χ2n) is 6.85. The third-order valence-electron chi connectivity index (χ3n) is 4.21. The van der Waals surface area contributed by atoms with E-state index in [9.17, 15) is 0 Å². The van der Waals surface area contributed by atoms with Gasteiger partial charge in [-0.3, -0.25) is 4.98 Å². The van der Waals surface area contributed by atoms with Gasteiger partial charge in [-0.25, -0.2) is 0 Å². The first-order valence-corrected chi connectivity index (χ1v) is 11.3. The van der Waals surface area contributed by atoms with E-state index in [-0.39, 0.29) is 0 Å². The topological polar surface area (TPSA) is 26.0 Å². The molecule has 23 heavy (non-hydrogen) atoms. The summed E-state index contributed by atoms with van der Waals surface area (Å²) in [5.74, 6) is 0. The zero-order valence-electron chi connectivity index (χ0n) is 14.6. The third kappa shape index (κ3) is 2.28. The molecular formula is C20H19NOSi. The summed E-state index contributed by atoms with van der Waals surface area (Å²) in [7, 11) is -1.53. The van der Waals surface area contributed by atoms with Crippen LogP contribution in [0.3, 0.4) is 0 Å². The molecule has 4 aromatic rings. The molecule has 0 fully saturated rings. The molecule has 4 rings (SSSR count). The molecule has 0 aliphatic heterocycles. The van der Waals surface area contributed by atoms with Crippen molar-refractivity contribution in [3.8, 4) is 11.3 Å². The van der Waals surface area contributed by atoms with Crippen LogP contribution in [0.5, 0.6) is 0 Å². The van der Waals surface area contributed by atoms with Crippen molar-refractivity contribution >= 4 is 35.2 Å². The zero-order valence-corrected chi connectivity index (χ0v) is 14.6. The van der Waals surface area contributed by atoms with Gasteiger partial charge in [-0.05, 0) is 29.5 Å². The predicted molar refractivity (Wildman–Crippen MR) is 99.9 cm³/mol. The van der Waals surface area contributed by atoms with E-state index in [1.807, 2.05) is 12.1 Å². The summed E-state index contributed by atoms with van der Waals surface area (Å²) in [4.78, 5) is 4.45. The molecule has 2 heterocycles. The Hall–Kier alpha value is -2.39. The highest BCUT2D eigenvalue weighted by atomic mass is 28.3. The van der Waals surface area contributed by atoms with Gasteiger partial charge in [-0.1, -0.05) is 49.9 Å². The summed E-state index contributed by atoms with van der Waals surface area (Å²) in [6.07, 6.45) is 1.68. The summed E-state index contributed by atoms with van der Waals surface area (Å²) in [6, 6.07) is 16.5. The Labute approximate surface area is 138 Å². The summed E-state index contributed by atoms with van der Waals surface area (Å²) in [6.45, 7) is 7.06. The molecule has 0 spiro atoms. The largest absolute Gasteiger partial charge is 0.455 e. The molecule has 114 valence electrons. The van der Waals surface area contributed by atoms with Crippen molar-refractivity contribution in [2.24, 2.45) is 0 Å². The lowest BCUT2D eigenvalue weighted by Crippen LogP contribution is -2.37. The van der Waals surface area contributed by atoms with Crippen LogP contribution in [0.25, 0.3) is 33.2 Å². The lowest BCUT2D eigenvalue weighted by atomic mass is 10.1. The normalized spacial score (nSPS) is 12.7. The molecule has 2 aromatic carbocycles. The second-order valence-corrected chi connectivity index (χ2v) is 11.9. The number of nitrogens with zero attached hydrogens (tertiary/aromatic N) is 1. The number of hydrogen-bond donors (Lipinski definition) is 0. The van der Waals surface area contributed by atoms with Crippen LogP contribution in [0.1, 0.15) is 1.37 Å². The van der Waals surface area contributed by atoms with Gasteiger partial charge < -0.3 is 4.42 Å². The number of hydrogen-bond acceptors (Lipinski definition) is 2. The van der Waals surface area contributed by atoms with E-state index in [1.54, 1.807) is 18.3 Å². The second kappa shape index (κ2) is 5.07. The first-order valence-electron chi connectivity index (χ1n) is 8.33. The van der Waals surface area contributed by atoms with E-state index in [2.05, 4.69) is 48.9 Å². The minimum Gasteiger partial charge on any atom is -0.455 e. The number of benzene rings is 2. The molecule has 0 aliphatic rings. The Balaban J connectivity index is 2.15. The molecule has 0 bridgehead atoms. The number of fused-ring (bicyclic) bond motifs is 3. The van der Waals surface area contributed by atoms with Crippen molar-refractivity contribution in [1.82, 2.24) is 4.98 Å². The number of rotatable bonds is 2. The third-order valence-corrected chi connectivity index (χ3v) is 6.25. The fraction of sp³-hybridized carbons (Fsp3) is 0.150. The van der Waals surface area contributed by atoms with Gasteiger partial charge in [0.25, 0.3) is 0 Å². The van der Waals surface area contributed by atoms with Gasteiger partial charge in [-0.15, -0.1) is 0 Å². The van der Waals surface area contributed by atoms with Gasteiger partial charge in [0.2, 0.25) is 0 Å². The molecule has 2 aromatic heterocycles. The van der Waals surface area contributed by atoms with Crippen molar-refractivity contribution < 1.29 is 5.79 Å². The van der Waals surface area contributed by atoms with Crippen LogP contribution in [0.15, 0.2) is 65.2 Å². The predicted octanol–water partition coefficient (Wildman–Crippen LogP) is 5.19. The Bertz CT molecular complexity index is 1060. The summed E-state index contributed by atoms with van der Waals surface area (Å²) < 4.78 is 14.1. The number of aromatic nitrogens is 1. The molecular weight excluding hydrogens is 298 g/mol. The van der Waals surface area contributed by atoms with E-state index in [0.29, 0.717) is 6.04 Å². The van der Waals surface area contributed by atoms with Crippen molar-refractivity contribution in [3.05, 3.63) is 60.8 Å². The molecule has 0 radical (unpaired) electrons. The molecule has 3 heteroatoms. The van der Waals surface area contributed by atoms with Crippen LogP contribution in [0, 0.1) is 0 Å². The standard InChI is InChI=1S/C20H19NOSi/c1-23(2,3)18-12-11-14(16-9-6-7-13-21-16)20-19(18)15-8-4-5-10-17(15)22-20/h4-13H,1-3H3/i6D. The van der Waals surface area contributed by atoms with Gasteiger partial charge in [0.15, 0.2) is 0 Å². The molecule has 0 aliphatic carbocycles. The maximum atomic E-state index is 7.88. The molecule has 0 saturated heterocycles. The van der Waals surface area contributed by atoms with Crippen molar-refractivity contribution in [2.75, 3.05) is 0 Å². The van der Waals surface area contributed by atoms with Crippen molar-refractivity contribution in [3.63, 3.8) is 0 Å². The molecule has 0 unspecified atom stereocenters. The SMILES string of the molecule is [2H]c1ccnc(-c2ccc([Si](C)(C)C)c3c2oc2ccccc23)c1. The fourth-order valence-electron chi connectivity index (χ4n) is 3.13. The molecule has 0 N–H and O–H groups in total. The number of pyridine rings is 1. The smallest absolute Gasteiger partial charge is 0.144 e. The molecule has 0 amide bonds. The van der Waals surface area contributed by atoms with Gasteiger partial charge in [0, 0.05) is 22.5 Å². The highest BCUT2D eigenvalue weighted by molar-refractivity contribution is 6.90. The monoisotopic (exact) mass is 318 g/mol. The Morgan fingerprint density at radius 3 is 2.61 bits per heavy atom. The Morgan fingerprint density at radius 1 is 1.00 bits per heavy atom. The van der Waals surface area contributed by atoms with Crippen LogP contribution >= 0.6 is 0 Å². The van der Waals surface area contributed by atoms with Crippen LogP contribution in [0.2, 0.25) is 19.6 Å². The molecule has 2 nitrogen and oxygen atoms in total. The molecule has 0 atom stereocenters. The van der Waals surface area contributed by atoms with E-state index in [0.717, 1.165) is 27.8 Å². The van der Waals surface area contributed by atoms with Gasteiger partial charge in [-0.2, -0.15) is 0 Å². The Morgan fingerprint density at radius 2 is 1.83 bits per heavy atom. The van der Waals surface area contributed by atoms with Gasteiger partial charge >= 0.3 is 0 Å². The van der Waals surface area contributed by atoms with Crippen molar-refractivity contribution in [1.29, 1.82) is 0 Å². The quantitative estimate of drug-likeness (QED) is 0.475. The van der Waals surface area contributed by atoms with Gasteiger partial charge in [0.05, 0.1) is 15.1 Å². The van der Waals surface area contributed by atoms with Crippen LogP contribution in [-0.2, 0) is 0 Å². The van der Waals surface area contributed by atoms with Crippen LogP contribution < -0.4 is 5.19 Å². The highest BCUT2D eigenvalue weighted by Gasteiger charge is 2.24. The van der Waals surface area contributed by atoms with E-state index in [4.69, 9.17) is 5.79 Å². The highest BCUT2D eigenvalue weighted by Crippen LogP contribution is 2.35. The average Bonchev–Trinajstić information content (AvgIpc) is 2.92. The van der Waals surface area contributed by atoms with E-state index >= 15 is 0 Å². The maximum Gasteiger partial charge on any atom is 0.144 e. The first-order chi connectivity index (χ1) is 11.4.